The van der Waals surface area contributed by atoms with Gasteiger partial charge in [-0.25, -0.2) is 9.97 Å². The third kappa shape index (κ3) is 2.48. The lowest BCUT2D eigenvalue weighted by atomic mass is 9.74. The summed E-state index contributed by atoms with van der Waals surface area (Å²) in [6.07, 6.45) is 12.1. The molecule has 4 aliphatic rings. The van der Waals surface area contributed by atoms with Crippen molar-refractivity contribution in [1.82, 2.24) is 14.9 Å². The maximum atomic E-state index is 5.46. The Kier molecular flexibility index (Phi) is 3.65. The molecule has 1 aromatic heterocycles. The van der Waals surface area contributed by atoms with Crippen LogP contribution in [-0.2, 0) is 0 Å². The van der Waals surface area contributed by atoms with E-state index in [-0.39, 0.29) is 0 Å². The van der Waals surface area contributed by atoms with Gasteiger partial charge in [-0.15, -0.1) is 0 Å². The molecule has 0 spiro atoms. The molecule has 1 aromatic rings. The summed E-state index contributed by atoms with van der Waals surface area (Å²) < 4.78 is 5.46. The summed E-state index contributed by atoms with van der Waals surface area (Å²) in [5, 5.41) is 0. The number of hydrogen-bond acceptors (Lipinski definition) is 5. The molecule has 24 heavy (non-hydrogen) atoms. The van der Waals surface area contributed by atoms with E-state index in [0.29, 0.717) is 5.88 Å². The summed E-state index contributed by atoms with van der Waals surface area (Å²) in [4.78, 5) is 14.3. The van der Waals surface area contributed by atoms with Crippen LogP contribution in [0.5, 0.6) is 5.88 Å². The SMILES string of the molecule is COc1nccnc1N1C[C@@H]2C[C@H](C1)[C@@H]1CCC[C@H](C3CC3)N1C2. The van der Waals surface area contributed by atoms with E-state index in [1.165, 1.54) is 45.1 Å². The quantitative estimate of drug-likeness (QED) is 0.853. The van der Waals surface area contributed by atoms with Gasteiger partial charge in [0.15, 0.2) is 5.82 Å². The van der Waals surface area contributed by atoms with Crippen molar-refractivity contribution >= 4 is 5.82 Å². The van der Waals surface area contributed by atoms with Crippen molar-refractivity contribution < 1.29 is 4.74 Å². The molecule has 0 amide bonds. The highest BCUT2D eigenvalue weighted by atomic mass is 16.5. The van der Waals surface area contributed by atoms with Crippen LogP contribution in [0.4, 0.5) is 5.82 Å². The molecular formula is C19H28N4O. The van der Waals surface area contributed by atoms with Crippen molar-refractivity contribution in [3.63, 3.8) is 0 Å². The fraction of sp³-hybridized carbons (Fsp3) is 0.789. The van der Waals surface area contributed by atoms with Crippen LogP contribution >= 0.6 is 0 Å². The van der Waals surface area contributed by atoms with Gasteiger partial charge in [0.05, 0.1) is 7.11 Å². The molecule has 2 bridgehead atoms. The van der Waals surface area contributed by atoms with E-state index in [2.05, 4.69) is 19.8 Å². The molecule has 0 radical (unpaired) electrons. The Balaban J connectivity index is 1.38. The number of aromatic nitrogens is 2. The zero-order chi connectivity index (χ0) is 16.1. The predicted octanol–water partition coefficient (Wildman–Crippen LogP) is 2.57. The molecule has 0 N–H and O–H groups in total. The van der Waals surface area contributed by atoms with Crippen molar-refractivity contribution in [1.29, 1.82) is 0 Å². The van der Waals surface area contributed by atoms with E-state index in [4.69, 9.17) is 4.74 Å². The fourth-order valence-electron chi connectivity index (χ4n) is 5.69. The van der Waals surface area contributed by atoms with Gasteiger partial charge in [0.2, 0.25) is 0 Å². The first-order valence-corrected chi connectivity index (χ1v) is 9.69. The Bertz CT molecular complexity index is 605. The minimum Gasteiger partial charge on any atom is -0.478 e. The first-order valence-electron chi connectivity index (χ1n) is 9.69. The van der Waals surface area contributed by atoms with Gasteiger partial charge in [-0.3, -0.25) is 4.90 Å². The molecule has 5 rings (SSSR count). The molecule has 0 unspecified atom stereocenters. The molecule has 5 heteroatoms. The standard InChI is InChI=1S/C19H28N4O/c1-24-19-18(20-7-8-21-19)22-10-13-9-15(12-22)17-4-2-3-16(14-5-6-14)23(17)11-13/h7-8,13-17H,2-6,9-12H2,1H3/t13-,15+,16+,17-/m0/s1. The monoisotopic (exact) mass is 328 g/mol. The predicted molar refractivity (Wildman–Crippen MR) is 93.3 cm³/mol. The van der Waals surface area contributed by atoms with Crippen molar-refractivity contribution in [3.05, 3.63) is 12.4 Å². The fourth-order valence-corrected chi connectivity index (χ4v) is 5.69. The highest BCUT2D eigenvalue weighted by Gasteiger charge is 2.48. The average Bonchev–Trinajstić information content (AvgIpc) is 3.46. The van der Waals surface area contributed by atoms with Gasteiger partial charge in [-0.2, -0.15) is 0 Å². The number of hydrogen-bond donors (Lipinski definition) is 0. The number of ether oxygens (including phenoxy) is 1. The van der Waals surface area contributed by atoms with Gasteiger partial charge in [-0.05, 0) is 49.9 Å². The Morgan fingerprint density at radius 2 is 1.75 bits per heavy atom. The molecule has 130 valence electrons. The van der Waals surface area contributed by atoms with E-state index in [1.807, 2.05) is 0 Å². The van der Waals surface area contributed by atoms with Gasteiger partial charge in [-0.1, -0.05) is 6.42 Å². The normalized spacial score (nSPS) is 36.3. The second kappa shape index (κ2) is 5.87. The number of methoxy groups -OCH3 is 1. The van der Waals surface area contributed by atoms with Crippen molar-refractivity contribution in [2.75, 3.05) is 31.6 Å². The van der Waals surface area contributed by atoms with Crippen molar-refractivity contribution in [3.8, 4) is 5.88 Å². The zero-order valence-corrected chi connectivity index (χ0v) is 14.6. The van der Waals surface area contributed by atoms with Crippen LogP contribution < -0.4 is 9.64 Å². The molecule has 3 saturated heterocycles. The Labute approximate surface area is 144 Å². The van der Waals surface area contributed by atoms with Crippen LogP contribution in [0.3, 0.4) is 0 Å². The lowest BCUT2D eigenvalue weighted by Gasteiger charge is -2.55. The number of piperidine rings is 3. The third-order valence-corrected chi connectivity index (χ3v) is 6.74. The number of fused-ring (bicyclic) bond motifs is 4. The summed E-state index contributed by atoms with van der Waals surface area (Å²) in [5.41, 5.74) is 0. The molecule has 3 aliphatic heterocycles. The number of nitrogens with zero attached hydrogens (tertiary/aromatic N) is 4. The molecule has 1 aliphatic carbocycles. The molecular weight excluding hydrogens is 300 g/mol. The second-order valence-electron chi connectivity index (χ2n) is 8.26. The Morgan fingerprint density at radius 3 is 2.54 bits per heavy atom. The summed E-state index contributed by atoms with van der Waals surface area (Å²) in [5.74, 6) is 4.19. The topological polar surface area (TPSA) is 41.5 Å². The van der Waals surface area contributed by atoms with E-state index in [1.54, 1.807) is 19.5 Å². The number of anilines is 1. The van der Waals surface area contributed by atoms with Crippen LogP contribution in [0.1, 0.15) is 38.5 Å². The minimum absolute atomic E-state index is 0.675. The van der Waals surface area contributed by atoms with E-state index < -0.39 is 0 Å². The van der Waals surface area contributed by atoms with Crippen molar-refractivity contribution in [2.45, 2.75) is 50.6 Å². The minimum atomic E-state index is 0.675. The Hall–Kier alpha value is -1.36. The van der Waals surface area contributed by atoms with E-state index in [0.717, 1.165) is 48.7 Å². The second-order valence-corrected chi connectivity index (χ2v) is 8.26. The van der Waals surface area contributed by atoms with Gasteiger partial charge < -0.3 is 9.64 Å². The third-order valence-electron chi connectivity index (χ3n) is 6.74. The van der Waals surface area contributed by atoms with Crippen LogP contribution in [-0.4, -0.2) is 53.7 Å². The van der Waals surface area contributed by atoms with Crippen molar-refractivity contribution in [2.24, 2.45) is 17.8 Å². The van der Waals surface area contributed by atoms with Gasteiger partial charge in [0.1, 0.15) is 0 Å². The zero-order valence-electron chi connectivity index (χ0n) is 14.6. The lowest BCUT2D eigenvalue weighted by Crippen LogP contribution is -2.62. The molecule has 1 saturated carbocycles. The molecule has 5 nitrogen and oxygen atoms in total. The molecule has 4 fully saturated rings. The van der Waals surface area contributed by atoms with Gasteiger partial charge in [0.25, 0.3) is 5.88 Å². The van der Waals surface area contributed by atoms with Gasteiger partial charge >= 0.3 is 0 Å². The van der Waals surface area contributed by atoms with Crippen LogP contribution in [0, 0.1) is 17.8 Å². The largest absolute Gasteiger partial charge is 0.478 e. The Morgan fingerprint density at radius 1 is 0.958 bits per heavy atom. The summed E-state index contributed by atoms with van der Waals surface area (Å²) in [6.45, 7) is 3.51. The molecule has 4 heterocycles. The first kappa shape index (κ1) is 14.9. The maximum Gasteiger partial charge on any atom is 0.257 e. The van der Waals surface area contributed by atoms with E-state index >= 15 is 0 Å². The smallest absolute Gasteiger partial charge is 0.257 e. The highest BCUT2D eigenvalue weighted by Crippen LogP contribution is 2.47. The number of rotatable bonds is 3. The average molecular weight is 328 g/mol. The molecule has 4 atom stereocenters. The molecule has 0 aromatic carbocycles. The first-order chi connectivity index (χ1) is 11.8. The lowest BCUT2D eigenvalue weighted by molar-refractivity contribution is -0.0260. The van der Waals surface area contributed by atoms with Crippen LogP contribution in [0.25, 0.3) is 0 Å². The highest BCUT2D eigenvalue weighted by molar-refractivity contribution is 5.48. The van der Waals surface area contributed by atoms with Crippen LogP contribution in [0.2, 0.25) is 0 Å². The summed E-state index contributed by atoms with van der Waals surface area (Å²) >= 11 is 0. The maximum absolute atomic E-state index is 5.46. The summed E-state index contributed by atoms with van der Waals surface area (Å²) in [6, 6.07) is 1.69. The van der Waals surface area contributed by atoms with E-state index in [9.17, 15) is 0 Å². The van der Waals surface area contributed by atoms with Crippen LogP contribution in [0.15, 0.2) is 12.4 Å². The summed E-state index contributed by atoms with van der Waals surface area (Å²) in [7, 11) is 1.70. The van der Waals surface area contributed by atoms with Gasteiger partial charge in [0, 0.05) is 44.1 Å².